The molecule has 0 saturated heterocycles. The van der Waals surface area contributed by atoms with Crippen molar-refractivity contribution in [2.24, 2.45) is 0 Å². The van der Waals surface area contributed by atoms with Gasteiger partial charge in [0.2, 0.25) is 0 Å². The molecule has 0 fully saturated rings. The van der Waals surface area contributed by atoms with Crippen LogP contribution >= 0.6 is 0 Å². The van der Waals surface area contributed by atoms with Crippen molar-refractivity contribution in [1.29, 1.82) is 0 Å². The highest BCUT2D eigenvalue weighted by Crippen LogP contribution is 2.16. The van der Waals surface area contributed by atoms with Gasteiger partial charge < -0.3 is 9.73 Å². The Morgan fingerprint density at radius 3 is 2.33 bits per heavy atom. The van der Waals surface area contributed by atoms with E-state index in [1.165, 1.54) is 5.56 Å². The molecule has 0 unspecified atom stereocenters. The fraction of sp³-hybridized carbons (Fsp3) is 0.429. The SMILES string of the molecule is CNc1cc(C)c(C)o1. The van der Waals surface area contributed by atoms with Gasteiger partial charge in [-0.05, 0) is 19.4 Å². The first-order valence-corrected chi connectivity index (χ1v) is 2.99. The number of rotatable bonds is 1. The first kappa shape index (κ1) is 6.20. The van der Waals surface area contributed by atoms with Crippen molar-refractivity contribution in [3.05, 3.63) is 17.4 Å². The lowest BCUT2D eigenvalue weighted by atomic mass is 10.3. The van der Waals surface area contributed by atoms with E-state index in [4.69, 9.17) is 4.42 Å². The number of nitrogens with one attached hydrogen (secondary N) is 1. The van der Waals surface area contributed by atoms with Crippen LogP contribution in [0.25, 0.3) is 0 Å². The Morgan fingerprint density at radius 2 is 2.11 bits per heavy atom. The van der Waals surface area contributed by atoms with Crippen LogP contribution < -0.4 is 5.32 Å². The molecule has 0 atom stereocenters. The lowest BCUT2D eigenvalue weighted by Gasteiger charge is -1.87. The smallest absolute Gasteiger partial charge is 0.193 e. The van der Waals surface area contributed by atoms with Crippen molar-refractivity contribution >= 4 is 5.88 Å². The van der Waals surface area contributed by atoms with Crippen molar-refractivity contribution in [1.82, 2.24) is 0 Å². The van der Waals surface area contributed by atoms with Crippen molar-refractivity contribution in [3.8, 4) is 0 Å². The zero-order chi connectivity index (χ0) is 6.85. The van der Waals surface area contributed by atoms with Crippen LogP contribution in [0.5, 0.6) is 0 Å². The number of anilines is 1. The summed E-state index contributed by atoms with van der Waals surface area (Å²) in [5.74, 6) is 1.82. The van der Waals surface area contributed by atoms with Gasteiger partial charge in [-0.3, -0.25) is 0 Å². The Bertz CT molecular complexity index is 183. The van der Waals surface area contributed by atoms with E-state index in [9.17, 15) is 0 Å². The van der Waals surface area contributed by atoms with E-state index in [-0.39, 0.29) is 0 Å². The summed E-state index contributed by atoms with van der Waals surface area (Å²) in [6.45, 7) is 3.98. The topological polar surface area (TPSA) is 25.2 Å². The highest BCUT2D eigenvalue weighted by atomic mass is 16.4. The molecule has 0 aliphatic rings. The maximum Gasteiger partial charge on any atom is 0.193 e. The zero-order valence-electron chi connectivity index (χ0n) is 5.99. The molecule has 2 heteroatoms. The third-order valence-corrected chi connectivity index (χ3v) is 1.41. The maximum absolute atomic E-state index is 5.25. The molecular formula is C7H11NO. The Hall–Kier alpha value is -0.920. The summed E-state index contributed by atoms with van der Waals surface area (Å²) in [5, 5.41) is 2.92. The average Bonchev–Trinajstić information content (AvgIpc) is 2.13. The van der Waals surface area contributed by atoms with Gasteiger partial charge in [0.05, 0.1) is 0 Å². The van der Waals surface area contributed by atoms with Crippen LogP contribution in [0.3, 0.4) is 0 Å². The summed E-state index contributed by atoms with van der Waals surface area (Å²) in [5.41, 5.74) is 1.19. The monoisotopic (exact) mass is 125 g/mol. The minimum absolute atomic E-state index is 0.838. The fourth-order valence-corrected chi connectivity index (χ4v) is 0.696. The second-order valence-electron chi connectivity index (χ2n) is 2.10. The predicted molar refractivity (Wildman–Crippen MR) is 37.7 cm³/mol. The van der Waals surface area contributed by atoms with Gasteiger partial charge in [0, 0.05) is 13.1 Å². The Kier molecular flexibility index (Phi) is 1.47. The molecule has 9 heavy (non-hydrogen) atoms. The molecule has 0 aliphatic carbocycles. The highest BCUT2D eigenvalue weighted by molar-refractivity contribution is 5.36. The largest absolute Gasteiger partial charge is 0.446 e. The molecule has 0 aromatic carbocycles. The van der Waals surface area contributed by atoms with Crippen LogP contribution in [0.15, 0.2) is 10.5 Å². The predicted octanol–water partition coefficient (Wildman–Crippen LogP) is 1.94. The van der Waals surface area contributed by atoms with Gasteiger partial charge in [-0.25, -0.2) is 0 Å². The quantitative estimate of drug-likeness (QED) is 0.620. The molecule has 1 aromatic rings. The maximum atomic E-state index is 5.25. The average molecular weight is 125 g/mol. The van der Waals surface area contributed by atoms with Gasteiger partial charge >= 0.3 is 0 Å². The Morgan fingerprint density at radius 1 is 1.44 bits per heavy atom. The molecule has 50 valence electrons. The van der Waals surface area contributed by atoms with E-state index in [0.29, 0.717) is 0 Å². The van der Waals surface area contributed by atoms with Crippen LogP contribution in [0.2, 0.25) is 0 Å². The molecule has 0 amide bonds. The standard InChI is InChI=1S/C7H11NO/c1-5-4-7(8-3)9-6(5)2/h4,8H,1-3H3. The number of aryl methyl sites for hydroxylation is 2. The third kappa shape index (κ3) is 1.07. The van der Waals surface area contributed by atoms with Crippen LogP contribution in [0.1, 0.15) is 11.3 Å². The van der Waals surface area contributed by atoms with Crippen LogP contribution in [-0.4, -0.2) is 7.05 Å². The van der Waals surface area contributed by atoms with E-state index in [1.54, 1.807) is 0 Å². The second-order valence-corrected chi connectivity index (χ2v) is 2.10. The highest BCUT2D eigenvalue weighted by Gasteiger charge is 1.98. The van der Waals surface area contributed by atoms with Gasteiger partial charge in [0.25, 0.3) is 0 Å². The van der Waals surface area contributed by atoms with Gasteiger partial charge in [-0.2, -0.15) is 0 Å². The lowest BCUT2D eigenvalue weighted by Crippen LogP contribution is -1.81. The van der Waals surface area contributed by atoms with Crippen LogP contribution in [0.4, 0.5) is 5.88 Å². The fourth-order valence-electron chi connectivity index (χ4n) is 0.696. The van der Waals surface area contributed by atoms with Crippen molar-refractivity contribution in [3.63, 3.8) is 0 Å². The summed E-state index contributed by atoms with van der Waals surface area (Å²) in [6, 6.07) is 1.98. The first-order valence-electron chi connectivity index (χ1n) is 2.99. The molecule has 1 rings (SSSR count). The minimum atomic E-state index is 0.838. The molecule has 2 nitrogen and oxygen atoms in total. The molecule has 1 N–H and O–H groups in total. The van der Waals surface area contributed by atoms with Gasteiger partial charge in [0.15, 0.2) is 5.88 Å². The molecule has 0 radical (unpaired) electrons. The van der Waals surface area contributed by atoms with E-state index < -0.39 is 0 Å². The summed E-state index contributed by atoms with van der Waals surface area (Å²) in [4.78, 5) is 0. The lowest BCUT2D eigenvalue weighted by molar-refractivity contribution is 0.547. The van der Waals surface area contributed by atoms with E-state index >= 15 is 0 Å². The normalized spacial score (nSPS) is 9.67. The number of furan rings is 1. The summed E-state index contributed by atoms with van der Waals surface area (Å²) >= 11 is 0. The number of hydrogen-bond acceptors (Lipinski definition) is 2. The molecule has 1 heterocycles. The second kappa shape index (κ2) is 2.13. The van der Waals surface area contributed by atoms with Gasteiger partial charge in [-0.15, -0.1) is 0 Å². The summed E-state index contributed by atoms with van der Waals surface area (Å²) in [7, 11) is 1.84. The van der Waals surface area contributed by atoms with E-state index in [2.05, 4.69) is 5.32 Å². The molecule has 0 bridgehead atoms. The Labute approximate surface area is 54.9 Å². The minimum Gasteiger partial charge on any atom is -0.446 e. The number of hydrogen-bond donors (Lipinski definition) is 1. The van der Waals surface area contributed by atoms with Crippen molar-refractivity contribution in [2.75, 3.05) is 12.4 Å². The molecular weight excluding hydrogens is 114 g/mol. The van der Waals surface area contributed by atoms with Gasteiger partial charge in [0.1, 0.15) is 5.76 Å². The first-order chi connectivity index (χ1) is 4.24. The van der Waals surface area contributed by atoms with Crippen LogP contribution in [0, 0.1) is 13.8 Å². The molecule has 0 spiro atoms. The molecule has 1 aromatic heterocycles. The summed E-state index contributed by atoms with van der Waals surface area (Å²) in [6.07, 6.45) is 0. The Balaban J connectivity index is 2.98. The van der Waals surface area contributed by atoms with Crippen molar-refractivity contribution in [2.45, 2.75) is 13.8 Å². The van der Waals surface area contributed by atoms with Gasteiger partial charge in [-0.1, -0.05) is 0 Å². The van der Waals surface area contributed by atoms with Crippen molar-refractivity contribution < 1.29 is 4.42 Å². The van der Waals surface area contributed by atoms with Crippen LogP contribution in [-0.2, 0) is 0 Å². The van der Waals surface area contributed by atoms with E-state index in [1.807, 2.05) is 27.0 Å². The molecule has 0 saturated carbocycles. The third-order valence-electron chi connectivity index (χ3n) is 1.41. The summed E-state index contributed by atoms with van der Waals surface area (Å²) < 4.78 is 5.25. The zero-order valence-corrected chi connectivity index (χ0v) is 5.99. The van der Waals surface area contributed by atoms with E-state index in [0.717, 1.165) is 11.6 Å². The molecule has 0 aliphatic heterocycles.